The summed E-state index contributed by atoms with van der Waals surface area (Å²) in [6.07, 6.45) is 7.23. The lowest BCUT2D eigenvalue weighted by molar-refractivity contribution is 0.0718. The van der Waals surface area contributed by atoms with Crippen LogP contribution >= 0.6 is 0 Å². The summed E-state index contributed by atoms with van der Waals surface area (Å²) < 4.78 is 3.84. The first-order valence-electron chi connectivity index (χ1n) is 7.42. The first-order valence-corrected chi connectivity index (χ1v) is 7.42. The van der Waals surface area contributed by atoms with Gasteiger partial charge in [0.25, 0.3) is 5.91 Å². The molecule has 23 heavy (non-hydrogen) atoms. The molecule has 6 nitrogen and oxygen atoms in total. The molecule has 0 spiro atoms. The van der Waals surface area contributed by atoms with E-state index in [0.29, 0.717) is 18.7 Å². The highest BCUT2D eigenvalue weighted by Crippen LogP contribution is 2.12. The number of hydrogen-bond donors (Lipinski definition) is 0. The van der Waals surface area contributed by atoms with E-state index in [4.69, 9.17) is 0 Å². The highest BCUT2D eigenvalue weighted by molar-refractivity contribution is 5.94. The highest BCUT2D eigenvalue weighted by atomic mass is 16.2. The summed E-state index contributed by atoms with van der Waals surface area (Å²) in [7, 11) is 3.85. The Bertz CT molecular complexity index is 748. The smallest absolute Gasteiger partial charge is 0.254 e. The number of benzene rings is 1. The third-order valence-corrected chi connectivity index (χ3v) is 3.81. The quantitative estimate of drug-likeness (QED) is 0.724. The number of aromatic nitrogens is 4. The van der Waals surface area contributed by atoms with Crippen molar-refractivity contribution in [3.05, 3.63) is 72.3 Å². The number of carbonyl (C=O) groups excluding carboxylic acids is 1. The zero-order valence-corrected chi connectivity index (χ0v) is 13.3. The van der Waals surface area contributed by atoms with E-state index in [0.717, 1.165) is 11.6 Å². The largest absolute Gasteiger partial charge is 0.337 e. The molecule has 2 heterocycles. The summed E-state index contributed by atoms with van der Waals surface area (Å²) >= 11 is 0. The Kier molecular flexibility index (Phi) is 4.23. The van der Waals surface area contributed by atoms with Crippen LogP contribution in [0.3, 0.4) is 0 Å². The van der Waals surface area contributed by atoms with Crippen molar-refractivity contribution >= 4 is 5.91 Å². The molecule has 3 aromatic rings. The maximum atomic E-state index is 12.9. The fourth-order valence-corrected chi connectivity index (χ4v) is 2.40. The molecule has 3 rings (SSSR count). The van der Waals surface area contributed by atoms with Gasteiger partial charge in [0.2, 0.25) is 0 Å². The number of hydrogen-bond acceptors (Lipinski definition) is 3. The van der Waals surface area contributed by atoms with Crippen LogP contribution < -0.4 is 0 Å². The molecule has 118 valence electrons. The second-order valence-corrected chi connectivity index (χ2v) is 5.44. The summed E-state index contributed by atoms with van der Waals surface area (Å²) in [5.74, 6) is 1.64. The fraction of sp³-hybridized carbons (Fsp3) is 0.235. The summed E-state index contributed by atoms with van der Waals surface area (Å²) in [5.41, 5.74) is 0.663. The fourth-order valence-electron chi connectivity index (χ4n) is 2.40. The maximum absolute atomic E-state index is 12.9. The van der Waals surface area contributed by atoms with E-state index < -0.39 is 0 Å². The van der Waals surface area contributed by atoms with Gasteiger partial charge in [0.05, 0.1) is 13.1 Å². The molecule has 1 amide bonds. The Morgan fingerprint density at radius 2 is 1.48 bits per heavy atom. The lowest BCUT2D eigenvalue weighted by Crippen LogP contribution is -2.32. The van der Waals surface area contributed by atoms with Gasteiger partial charge in [0.15, 0.2) is 0 Å². The average molecular weight is 309 g/mol. The second kappa shape index (κ2) is 6.48. The van der Waals surface area contributed by atoms with E-state index >= 15 is 0 Å². The van der Waals surface area contributed by atoms with Gasteiger partial charge in [0, 0.05) is 44.4 Å². The first-order chi connectivity index (χ1) is 11.1. The molecule has 0 aliphatic rings. The molecule has 0 saturated heterocycles. The molecule has 0 bridgehead atoms. The third-order valence-electron chi connectivity index (χ3n) is 3.81. The minimum absolute atomic E-state index is 0.0309. The monoisotopic (exact) mass is 309 g/mol. The van der Waals surface area contributed by atoms with Crippen LogP contribution in [0.15, 0.2) is 55.1 Å². The summed E-state index contributed by atoms with van der Waals surface area (Å²) in [6.45, 7) is 0.869. The van der Waals surface area contributed by atoms with E-state index in [-0.39, 0.29) is 5.91 Å². The molecule has 0 unspecified atom stereocenters. The van der Waals surface area contributed by atoms with Crippen molar-refractivity contribution in [3.63, 3.8) is 0 Å². The van der Waals surface area contributed by atoms with E-state index in [1.807, 2.05) is 66.0 Å². The Balaban J connectivity index is 1.88. The Morgan fingerprint density at radius 1 is 0.957 bits per heavy atom. The Labute approximate surface area is 135 Å². The lowest BCUT2D eigenvalue weighted by atomic mass is 10.2. The SMILES string of the molecule is Cn1ccnc1CN(Cc1nccn1C)C(=O)c1ccccc1. The molecule has 0 atom stereocenters. The maximum Gasteiger partial charge on any atom is 0.254 e. The van der Waals surface area contributed by atoms with Gasteiger partial charge in [0.1, 0.15) is 11.6 Å². The number of amides is 1. The van der Waals surface area contributed by atoms with Crippen molar-refractivity contribution in [1.29, 1.82) is 0 Å². The van der Waals surface area contributed by atoms with E-state index in [9.17, 15) is 4.79 Å². The predicted molar refractivity (Wildman–Crippen MR) is 86.4 cm³/mol. The zero-order valence-electron chi connectivity index (χ0n) is 13.3. The van der Waals surface area contributed by atoms with E-state index in [2.05, 4.69) is 9.97 Å². The third kappa shape index (κ3) is 3.31. The van der Waals surface area contributed by atoms with E-state index in [1.54, 1.807) is 17.3 Å². The van der Waals surface area contributed by atoms with Crippen molar-refractivity contribution in [2.45, 2.75) is 13.1 Å². The van der Waals surface area contributed by atoms with Crippen molar-refractivity contribution in [1.82, 2.24) is 24.0 Å². The molecule has 0 saturated carbocycles. The van der Waals surface area contributed by atoms with Crippen LogP contribution in [0.4, 0.5) is 0 Å². The lowest BCUT2D eigenvalue weighted by Gasteiger charge is -2.22. The number of imidazole rings is 2. The standard InChI is InChI=1S/C17H19N5O/c1-20-10-8-18-15(20)12-22(13-16-19-9-11-21(16)2)17(23)14-6-4-3-5-7-14/h3-11H,12-13H2,1-2H3. The molecule has 0 aliphatic heterocycles. The van der Waals surface area contributed by atoms with E-state index in [1.165, 1.54) is 0 Å². The van der Waals surface area contributed by atoms with Crippen LogP contribution in [-0.4, -0.2) is 29.9 Å². The first kappa shape index (κ1) is 15.0. The molecule has 6 heteroatoms. The topological polar surface area (TPSA) is 56.0 Å². The Morgan fingerprint density at radius 3 is 1.91 bits per heavy atom. The number of aryl methyl sites for hydroxylation is 2. The minimum atomic E-state index is -0.0309. The van der Waals surface area contributed by atoms with Crippen LogP contribution in [0.25, 0.3) is 0 Å². The highest BCUT2D eigenvalue weighted by Gasteiger charge is 2.19. The van der Waals surface area contributed by atoms with Crippen LogP contribution in [-0.2, 0) is 27.2 Å². The molecule has 1 aromatic carbocycles. The molecule has 0 fully saturated rings. The minimum Gasteiger partial charge on any atom is -0.337 e. The van der Waals surface area contributed by atoms with Gasteiger partial charge in [-0.2, -0.15) is 0 Å². The number of carbonyl (C=O) groups is 1. The molecular formula is C17H19N5O. The number of rotatable bonds is 5. The van der Waals surface area contributed by atoms with Crippen molar-refractivity contribution in [2.75, 3.05) is 0 Å². The van der Waals surface area contributed by atoms with Crippen LogP contribution in [0, 0.1) is 0 Å². The Hall–Kier alpha value is -2.89. The summed E-state index contributed by atoms with van der Waals surface area (Å²) in [4.78, 5) is 23.3. The van der Waals surface area contributed by atoms with Gasteiger partial charge < -0.3 is 14.0 Å². The van der Waals surface area contributed by atoms with Crippen molar-refractivity contribution < 1.29 is 4.79 Å². The van der Waals surface area contributed by atoms with Crippen LogP contribution in [0.5, 0.6) is 0 Å². The van der Waals surface area contributed by atoms with Crippen molar-refractivity contribution in [3.8, 4) is 0 Å². The second-order valence-electron chi connectivity index (χ2n) is 5.44. The van der Waals surface area contributed by atoms with Gasteiger partial charge in [-0.25, -0.2) is 9.97 Å². The molecular weight excluding hydrogens is 290 g/mol. The van der Waals surface area contributed by atoms with Gasteiger partial charge in [-0.15, -0.1) is 0 Å². The van der Waals surface area contributed by atoms with Gasteiger partial charge >= 0.3 is 0 Å². The number of nitrogens with zero attached hydrogens (tertiary/aromatic N) is 5. The average Bonchev–Trinajstić information content (AvgIpc) is 3.16. The normalized spacial score (nSPS) is 10.7. The van der Waals surface area contributed by atoms with Gasteiger partial charge in [-0.3, -0.25) is 4.79 Å². The summed E-state index contributed by atoms with van der Waals surface area (Å²) in [5, 5.41) is 0. The molecule has 2 aromatic heterocycles. The predicted octanol–water partition coefficient (Wildman–Crippen LogP) is 2.00. The molecule has 0 radical (unpaired) electrons. The van der Waals surface area contributed by atoms with Crippen molar-refractivity contribution in [2.24, 2.45) is 14.1 Å². The van der Waals surface area contributed by atoms with Crippen LogP contribution in [0.2, 0.25) is 0 Å². The van der Waals surface area contributed by atoms with Gasteiger partial charge in [-0.05, 0) is 12.1 Å². The zero-order chi connectivity index (χ0) is 16.2. The summed E-state index contributed by atoms with van der Waals surface area (Å²) in [6, 6.07) is 9.29. The van der Waals surface area contributed by atoms with Gasteiger partial charge in [-0.1, -0.05) is 18.2 Å². The molecule has 0 aliphatic carbocycles. The van der Waals surface area contributed by atoms with Crippen LogP contribution in [0.1, 0.15) is 22.0 Å². The molecule has 0 N–H and O–H groups in total.